The fourth-order valence-electron chi connectivity index (χ4n) is 3.60. The lowest BCUT2D eigenvalue weighted by atomic mass is 10.0. The Balaban J connectivity index is 1.46. The Labute approximate surface area is 163 Å². The van der Waals surface area contributed by atoms with E-state index >= 15 is 0 Å². The van der Waals surface area contributed by atoms with Gasteiger partial charge in [0.15, 0.2) is 0 Å². The lowest BCUT2D eigenvalue weighted by Crippen LogP contribution is -2.31. The summed E-state index contributed by atoms with van der Waals surface area (Å²) in [4.78, 5) is 19.6. The fraction of sp³-hybridized carbons (Fsp3) is 0.273. The van der Waals surface area contributed by atoms with Gasteiger partial charge in [-0.2, -0.15) is 0 Å². The number of aromatic nitrogens is 1. The molecule has 2 heterocycles. The summed E-state index contributed by atoms with van der Waals surface area (Å²) in [6.07, 6.45) is 2.40. The molecule has 1 fully saturated rings. The van der Waals surface area contributed by atoms with Crippen molar-refractivity contribution in [2.75, 3.05) is 13.7 Å². The van der Waals surface area contributed by atoms with Gasteiger partial charge in [0.05, 0.1) is 25.3 Å². The molecule has 0 aliphatic carbocycles. The van der Waals surface area contributed by atoms with Crippen molar-refractivity contribution in [3.63, 3.8) is 0 Å². The highest BCUT2D eigenvalue weighted by Gasteiger charge is 2.30. The van der Waals surface area contributed by atoms with E-state index in [2.05, 4.69) is 17.1 Å². The molecule has 4 nitrogen and oxygen atoms in total. The van der Waals surface area contributed by atoms with E-state index in [1.807, 2.05) is 52.7 Å². The molecule has 1 aliphatic rings. The van der Waals surface area contributed by atoms with E-state index in [4.69, 9.17) is 4.74 Å². The van der Waals surface area contributed by atoms with E-state index in [0.29, 0.717) is 6.42 Å². The minimum Gasteiger partial charge on any atom is -0.497 e. The van der Waals surface area contributed by atoms with E-state index in [1.165, 1.54) is 5.56 Å². The van der Waals surface area contributed by atoms with Crippen LogP contribution in [0.25, 0.3) is 10.6 Å². The second kappa shape index (κ2) is 7.92. The van der Waals surface area contributed by atoms with Crippen molar-refractivity contribution < 1.29 is 9.53 Å². The summed E-state index contributed by atoms with van der Waals surface area (Å²) < 4.78 is 5.24. The number of ether oxygens (including phenoxy) is 1. The molecule has 4 rings (SSSR count). The van der Waals surface area contributed by atoms with Crippen LogP contribution in [0.5, 0.6) is 5.75 Å². The molecular formula is C22H22N2O2S. The van der Waals surface area contributed by atoms with Crippen molar-refractivity contribution in [2.24, 2.45) is 0 Å². The molecule has 5 heteroatoms. The number of hydrogen-bond donors (Lipinski definition) is 0. The average Bonchev–Trinajstić information content (AvgIpc) is 3.38. The van der Waals surface area contributed by atoms with Crippen LogP contribution in [0.4, 0.5) is 0 Å². The third kappa shape index (κ3) is 3.88. The average molecular weight is 378 g/mol. The molecule has 138 valence electrons. The topological polar surface area (TPSA) is 42.4 Å². The molecule has 1 atom stereocenters. The van der Waals surface area contributed by atoms with Gasteiger partial charge < -0.3 is 9.64 Å². The highest BCUT2D eigenvalue weighted by molar-refractivity contribution is 7.13. The van der Waals surface area contributed by atoms with Gasteiger partial charge in [-0.15, -0.1) is 11.3 Å². The third-order valence-corrected chi connectivity index (χ3v) is 5.92. The fourth-order valence-corrected chi connectivity index (χ4v) is 4.42. The van der Waals surface area contributed by atoms with Gasteiger partial charge in [-0.3, -0.25) is 4.79 Å². The maximum absolute atomic E-state index is 12.9. The van der Waals surface area contributed by atoms with Gasteiger partial charge in [0.1, 0.15) is 10.8 Å². The van der Waals surface area contributed by atoms with Crippen LogP contribution in [0.15, 0.2) is 60.0 Å². The Morgan fingerprint density at radius 1 is 1.19 bits per heavy atom. The third-order valence-electron chi connectivity index (χ3n) is 4.98. The zero-order valence-electron chi connectivity index (χ0n) is 15.3. The van der Waals surface area contributed by atoms with Gasteiger partial charge in [0.2, 0.25) is 5.91 Å². The summed E-state index contributed by atoms with van der Waals surface area (Å²) in [5.41, 5.74) is 3.12. The van der Waals surface area contributed by atoms with Crippen LogP contribution in [-0.4, -0.2) is 29.4 Å². The van der Waals surface area contributed by atoms with Gasteiger partial charge in [0, 0.05) is 17.5 Å². The number of methoxy groups -OCH3 is 1. The second-order valence-corrected chi connectivity index (χ2v) is 7.56. The van der Waals surface area contributed by atoms with Gasteiger partial charge in [-0.05, 0) is 30.5 Å². The molecule has 0 N–H and O–H groups in total. The number of thiazole rings is 1. The Morgan fingerprint density at radius 2 is 1.96 bits per heavy atom. The highest BCUT2D eigenvalue weighted by atomic mass is 32.1. The predicted molar refractivity (Wildman–Crippen MR) is 108 cm³/mol. The molecular weight excluding hydrogens is 356 g/mol. The number of benzene rings is 2. The maximum atomic E-state index is 12.9. The summed E-state index contributed by atoms with van der Waals surface area (Å²) in [6.45, 7) is 0.811. The van der Waals surface area contributed by atoms with Crippen molar-refractivity contribution in [3.05, 3.63) is 71.2 Å². The Kier molecular flexibility index (Phi) is 5.21. The molecule has 1 amide bonds. The standard InChI is InChI=1S/C22H22N2O2S/c1-26-19-11-9-16(10-12-19)20-8-5-13-24(20)21(25)14-18-15-27-22(23-18)17-6-3-2-4-7-17/h2-4,6-7,9-12,15,20H,5,8,13-14H2,1H3/t20-/m0/s1. The Morgan fingerprint density at radius 3 is 2.70 bits per heavy atom. The van der Waals surface area contributed by atoms with E-state index in [0.717, 1.165) is 41.4 Å². The van der Waals surface area contributed by atoms with E-state index in [-0.39, 0.29) is 11.9 Å². The van der Waals surface area contributed by atoms with E-state index in [1.54, 1.807) is 18.4 Å². The van der Waals surface area contributed by atoms with Crippen LogP contribution in [0, 0.1) is 0 Å². The summed E-state index contributed by atoms with van der Waals surface area (Å²) in [5, 5.41) is 2.96. The van der Waals surface area contributed by atoms with Crippen molar-refractivity contribution in [2.45, 2.75) is 25.3 Å². The van der Waals surface area contributed by atoms with Crippen LogP contribution in [0.1, 0.15) is 30.1 Å². The largest absolute Gasteiger partial charge is 0.497 e. The second-order valence-electron chi connectivity index (χ2n) is 6.71. The van der Waals surface area contributed by atoms with Crippen LogP contribution in [0.2, 0.25) is 0 Å². The number of rotatable bonds is 5. The molecule has 0 saturated carbocycles. The SMILES string of the molecule is COc1ccc([C@@H]2CCCN2C(=O)Cc2csc(-c3ccccc3)n2)cc1. The maximum Gasteiger partial charge on any atom is 0.229 e. The Bertz CT molecular complexity index is 906. The van der Waals surface area contributed by atoms with Gasteiger partial charge >= 0.3 is 0 Å². The molecule has 3 aromatic rings. The minimum absolute atomic E-state index is 0.149. The summed E-state index contributed by atoms with van der Waals surface area (Å²) in [7, 11) is 1.66. The van der Waals surface area contributed by atoms with E-state index in [9.17, 15) is 4.79 Å². The zero-order valence-corrected chi connectivity index (χ0v) is 16.1. The first-order valence-corrected chi connectivity index (χ1v) is 10.1. The number of carbonyl (C=O) groups is 1. The zero-order chi connectivity index (χ0) is 18.6. The summed E-state index contributed by atoms with van der Waals surface area (Å²) in [5.74, 6) is 0.990. The molecule has 0 bridgehead atoms. The summed E-state index contributed by atoms with van der Waals surface area (Å²) >= 11 is 1.59. The Hall–Kier alpha value is -2.66. The normalized spacial score (nSPS) is 16.5. The van der Waals surface area contributed by atoms with Crippen molar-refractivity contribution in [1.29, 1.82) is 0 Å². The van der Waals surface area contributed by atoms with Crippen LogP contribution in [0.3, 0.4) is 0 Å². The van der Waals surface area contributed by atoms with Crippen LogP contribution < -0.4 is 4.74 Å². The first-order chi connectivity index (χ1) is 13.2. The number of amides is 1. The van der Waals surface area contributed by atoms with Gasteiger partial charge in [0.25, 0.3) is 0 Å². The number of likely N-dealkylation sites (tertiary alicyclic amines) is 1. The lowest BCUT2D eigenvalue weighted by Gasteiger charge is -2.25. The molecule has 1 aliphatic heterocycles. The molecule has 0 unspecified atom stereocenters. The first kappa shape index (κ1) is 17.7. The van der Waals surface area contributed by atoms with Crippen molar-refractivity contribution in [1.82, 2.24) is 9.88 Å². The first-order valence-electron chi connectivity index (χ1n) is 9.18. The van der Waals surface area contributed by atoms with E-state index < -0.39 is 0 Å². The van der Waals surface area contributed by atoms with Crippen LogP contribution in [-0.2, 0) is 11.2 Å². The smallest absolute Gasteiger partial charge is 0.229 e. The van der Waals surface area contributed by atoms with Crippen molar-refractivity contribution in [3.8, 4) is 16.3 Å². The number of nitrogens with zero attached hydrogens (tertiary/aromatic N) is 2. The van der Waals surface area contributed by atoms with Gasteiger partial charge in [-0.1, -0.05) is 42.5 Å². The van der Waals surface area contributed by atoms with Crippen molar-refractivity contribution >= 4 is 17.2 Å². The molecule has 1 saturated heterocycles. The molecule has 0 radical (unpaired) electrons. The molecule has 1 aromatic heterocycles. The van der Waals surface area contributed by atoms with Crippen LogP contribution >= 0.6 is 11.3 Å². The monoisotopic (exact) mass is 378 g/mol. The number of hydrogen-bond acceptors (Lipinski definition) is 4. The molecule has 2 aromatic carbocycles. The quantitative estimate of drug-likeness (QED) is 0.645. The molecule has 0 spiro atoms. The predicted octanol–water partition coefficient (Wildman–Crippen LogP) is 4.72. The lowest BCUT2D eigenvalue weighted by molar-refractivity contribution is -0.131. The van der Waals surface area contributed by atoms with Gasteiger partial charge in [-0.25, -0.2) is 4.98 Å². The summed E-state index contributed by atoms with van der Waals surface area (Å²) in [6, 6.07) is 18.3. The highest BCUT2D eigenvalue weighted by Crippen LogP contribution is 2.33. The molecule has 27 heavy (non-hydrogen) atoms. The number of carbonyl (C=O) groups excluding carboxylic acids is 1. The minimum atomic E-state index is 0.149.